The van der Waals surface area contributed by atoms with Crippen molar-refractivity contribution in [2.75, 3.05) is 19.8 Å². The second kappa shape index (κ2) is 8.40. The van der Waals surface area contributed by atoms with Crippen molar-refractivity contribution < 1.29 is 9.47 Å². The molecule has 0 aromatic heterocycles. The SMILES string of the molecule is CCCNC(CC1CCCO1)c1cc(C)ccc1OCC. The van der Waals surface area contributed by atoms with Gasteiger partial charge in [0.2, 0.25) is 0 Å². The summed E-state index contributed by atoms with van der Waals surface area (Å²) in [5, 5.41) is 3.68. The molecule has 2 rings (SSSR count). The van der Waals surface area contributed by atoms with E-state index in [4.69, 9.17) is 9.47 Å². The maximum atomic E-state index is 5.84. The second-order valence-corrected chi connectivity index (χ2v) is 5.85. The Labute approximate surface area is 129 Å². The third-order valence-electron chi connectivity index (χ3n) is 4.00. The lowest BCUT2D eigenvalue weighted by Crippen LogP contribution is -2.26. The van der Waals surface area contributed by atoms with E-state index in [0.717, 1.165) is 31.7 Å². The van der Waals surface area contributed by atoms with Crippen LogP contribution in [0.15, 0.2) is 18.2 Å². The Morgan fingerprint density at radius 2 is 2.24 bits per heavy atom. The molecule has 0 radical (unpaired) electrons. The predicted molar refractivity (Wildman–Crippen MR) is 87.0 cm³/mol. The zero-order valence-corrected chi connectivity index (χ0v) is 13.7. The Bertz CT molecular complexity index is 427. The molecule has 3 heteroatoms. The Kier molecular flexibility index (Phi) is 6.52. The van der Waals surface area contributed by atoms with Crippen molar-refractivity contribution >= 4 is 0 Å². The standard InChI is InChI=1S/C18H29NO2/c1-4-10-19-17(13-15-7-6-11-21-15)16-12-14(3)8-9-18(16)20-5-2/h8-9,12,15,17,19H,4-7,10-11,13H2,1-3H3. The van der Waals surface area contributed by atoms with Gasteiger partial charge in [-0.2, -0.15) is 0 Å². The molecule has 2 atom stereocenters. The molecule has 0 aliphatic carbocycles. The molecular formula is C18H29NO2. The maximum Gasteiger partial charge on any atom is 0.124 e. The third-order valence-corrected chi connectivity index (χ3v) is 4.00. The van der Waals surface area contributed by atoms with Crippen molar-refractivity contribution in [2.24, 2.45) is 0 Å². The largest absolute Gasteiger partial charge is 0.494 e. The van der Waals surface area contributed by atoms with Crippen molar-refractivity contribution in [2.45, 2.75) is 58.6 Å². The van der Waals surface area contributed by atoms with Gasteiger partial charge < -0.3 is 14.8 Å². The van der Waals surface area contributed by atoms with Gasteiger partial charge in [0.15, 0.2) is 0 Å². The van der Waals surface area contributed by atoms with Crippen LogP contribution in [-0.4, -0.2) is 25.9 Å². The summed E-state index contributed by atoms with van der Waals surface area (Å²) < 4.78 is 11.7. The van der Waals surface area contributed by atoms with Gasteiger partial charge in [0, 0.05) is 18.2 Å². The van der Waals surface area contributed by atoms with Gasteiger partial charge in [-0.05, 0) is 52.1 Å². The minimum absolute atomic E-state index is 0.314. The van der Waals surface area contributed by atoms with Crippen molar-refractivity contribution in [1.82, 2.24) is 5.32 Å². The van der Waals surface area contributed by atoms with E-state index >= 15 is 0 Å². The van der Waals surface area contributed by atoms with Crippen LogP contribution in [0.4, 0.5) is 0 Å². The van der Waals surface area contributed by atoms with Crippen molar-refractivity contribution in [1.29, 1.82) is 0 Å². The first-order chi connectivity index (χ1) is 10.2. The van der Waals surface area contributed by atoms with Gasteiger partial charge in [0.25, 0.3) is 0 Å². The molecule has 1 heterocycles. The van der Waals surface area contributed by atoms with Gasteiger partial charge in [-0.15, -0.1) is 0 Å². The monoisotopic (exact) mass is 291 g/mol. The molecular weight excluding hydrogens is 262 g/mol. The molecule has 1 saturated heterocycles. The van der Waals surface area contributed by atoms with Crippen LogP contribution in [0, 0.1) is 6.92 Å². The molecule has 0 saturated carbocycles. The normalized spacial score (nSPS) is 19.7. The first-order valence-electron chi connectivity index (χ1n) is 8.33. The summed E-state index contributed by atoms with van der Waals surface area (Å²) in [6.07, 6.45) is 4.92. The molecule has 1 fully saturated rings. The lowest BCUT2D eigenvalue weighted by Gasteiger charge is -2.24. The molecule has 1 aromatic carbocycles. The summed E-state index contributed by atoms with van der Waals surface area (Å²) in [7, 11) is 0. The fourth-order valence-electron chi connectivity index (χ4n) is 2.96. The predicted octanol–water partition coefficient (Wildman–Crippen LogP) is 4.00. The van der Waals surface area contributed by atoms with Crippen LogP contribution in [-0.2, 0) is 4.74 Å². The molecule has 1 aromatic rings. The average molecular weight is 291 g/mol. The highest BCUT2D eigenvalue weighted by atomic mass is 16.5. The fraction of sp³-hybridized carbons (Fsp3) is 0.667. The fourth-order valence-corrected chi connectivity index (χ4v) is 2.96. The number of aryl methyl sites for hydroxylation is 1. The van der Waals surface area contributed by atoms with Crippen molar-refractivity contribution in [3.63, 3.8) is 0 Å². The summed E-state index contributed by atoms with van der Waals surface area (Å²) >= 11 is 0. The molecule has 0 amide bonds. The molecule has 0 bridgehead atoms. The summed E-state index contributed by atoms with van der Waals surface area (Å²) in [4.78, 5) is 0. The number of rotatable bonds is 8. The van der Waals surface area contributed by atoms with E-state index in [-0.39, 0.29) is 0 Å². The smallest absolute Gasteiger partial charge is 0.124 e. The van der Waals surface area contributed by atoms with E-state index < -0.39 is 0 Å². The van der Waals surface area contributed by atoms with E-state index in [1.165, 1.54) is 24.0 Å². The number of ether oxygens (including phenoxy) is 2. The number of hydrogen-bond acceptors (Lipinski definition) is 3. The minimum atomic E-state index is 0.314. The van der Waals surface area contributed by atoms with Crippen LogP contribution in [0.25, 0.3) is 0 Å². The highest BCUT2D eigenvalue weighted by Gasteiger charge is 2.23. The molecule has 0 spiro atoms. The highest BCUT2D eigenvalue weighted by molar-refractivity contribution is 5.39. The van der Waals surface area contributed by atoms with E-state index in [0.29, 0.717) is 18.8 Å². The van der Waals surface area contributed by atoms with Crippen LogP contribution in [0.3, 0.4) is 0 Å². The lowest BCUT2D eigenvalue weighted by molar-refractivity contribution is 0.0942. The van der Waals surface area contributed by atoms with Crippen LogP contribution >= 0.6 is 0 Å². The maximum absolute atomic E-state index is 5.84. The zero-order valence-electron chi connectivity index (χ0n) is 13.7. The number of nitrogens with one attached hydrogen (secondary N) is 1. The van der Waals surface area contributed by atoms with Gasteiger partial charge in [0.1, 0.15) is 5.75 Å². The van der Waals surface area contributed by atoms with Crippen LogP contribution in [0.1, 0.15) is 56.7 Å². The minimum Gasteiger partial charge on any atom is -0.494 e. The second-order valence-electron chi connectivity index (χ2n) is 5.85. The lowest BCUT2D eigenvalue weighted by atomic mass is 9.96. The van der Waals surface area contributed by atoms with E-state index in [9.17, 15) is 0 Å². The summed E-state index contributed by atoms with van der Waals surface area (Å²) in [5.74, 6) is 1.01. The van der Waals surface area contributed by atoms with Crippen LogP contribution in [0.5, 0.6) is 5.75 Å². The van der Waals surface area contributed by atoms with E-state index in [1.807, 2.05) is 6.92 Å². The Balaban J connectivity index is 2.18. The molecule has 1 aliphatic heterocycles. The Morgan fingerprint density at radius 3 is 2.90 bits per heavy atom. The molecule has 2 unspecified atom stereocenters. The topological polar surface area (TPSA) is 30.5 Å². The molecule has 1 aliphatic rings. The van der Waals surface area contributed by atoms with Crippen molar-refractivity contribution in [3.05, 3.63) is 29.3 Å². The molecule has 1 N–H and O–H groups in total. The third kappa shape index (κ3) is 4.72. The quantitative estimate of drug-likeness (QED) is 0.785. The zero-order chi connectivity index (χ0) is 15.1. The molecule has 21 heavy (non-hydrogen) atoms. The van der Waals surface area contributed by atoms with Crippen molar-refractivity contribution in [3.8, 4) is 5.75 Å². The molecule has 118 valence electrons. The van der Waals surface area contributed by atoms with Gasteiger partial charge in [-0.25, -0.2) is 0 Å². The highest BCUT2D eigenvalue weighted by Crippen LogP contribution is 2.32. The summed E-state index contributed by atoms with van der Waals surface area (Å²) in [6.45, 7) is 9.03. The molecule has 3 nitrogen and oxygen atoms in total. The number of benzene rings is 1. The average Bonchev–Trinajstić information content (AvgIpc) is 2.98. The van der Waals surface area contributed by atoms with E-state index in [2.05, 4.69) is 37.4 Å². The van der Waals surface area contributed by atoms with Gasteiger partial charge in [0.05, 0.1) is 12.7 Å². The van der Waals surface area contributed by atoms with E-state index in [1.54, 1.807) is 0 Å². The summed E-state index contributed by atoms with van der Waals surface area (Å²) in [5.41, 5.74) is 2.56. The van der Waals surface area contributed by atoms with Gasteiger partial charge in [-0.1, -0.05) is 24.6 Å². The van der Waals surface area contributed by atoms with Crippen LogP contribution < -0.4 is 10.1 Å². The first-order valence-corrected chi connectivity index (χ1v) is 8.33. The summed E-state index contributed by atoms with van der Waals surface area (Å²) in [6, 6.07) is 6.80. The Hall–Kier alpha value is -1.06. The van der Waals surface area contributed by atoms with Crippen LogP contribution in [0.2, 0.25) is 0 Å². The Morgan fingerprint density at radius 1 is 1.38 bits per heavy atom. The first kappa shape index (κ1) is 16.3. The van der Waals surface area contributed by atoms with Gasteiger partial charge in [-0.3, -0.25) is 0 Å². The number of hydrogen-bond donors (Lipinski definition) is 1. The van der Waals surface area contributed by atoms with Gasteiger partial charge >= 0.3 is 0 Å².